The van der Waals surface area contributed by atoms with E-state index in [4.69, 9.17) is 14.2 Å². The van der Waals surface area contributed by atoms with Crippen LogP contribution in [0, 0.1) is 5.82 Å². The Labute approximate surface area is 245 Å². The lowest BCUT2D eigenvalue weighted by Gasteiger charge is -2.31. The van der Waals surface area contributed by atoms with Crippen LogP contribution < -0.4 is 10.1 Å². The molecule has 1 saturated heterocycles. The van der Waals surface area contributed by atoms with Crippen molar-refractivity contribution in [1.29, 1.82) is 0 Å². The van der Waals surface area contributed by atoms with Gasteiger partial charge in [-0.15, -0.1) is 0 Å². The molecule has 0 aliphatic carbocycles. The van der Waals surface area contributed by atoms with Gasteiger partial charge >= 0.3 is 0 Å². The molecule has 0 bridgehead atoms. The van der Waals surface area contributed by atoms with Crippen LogP contribution in [0.25, 0.3) is 0 Å². The van der Waals surface area contributed by atoms with Crippen LogP contribution in [-0.4, -0.2) is 82.6 Å². The van der Waals surface area contributed by atoms with Gasteiger partial charge in [-0.1, -0.05) is 42.5 Å². The molecule has 10 nitrogen and oxygen atoms in total. The van der Waals surface area contributed by atoms with E-state index in [0.29, 0.717) is 30.9 Å². The first kappa shape index (κ1) is 31.1. The molecule has 3 aromatic carbocycles. The van der Waals surface area contributed by atoms with Crippen molar-refractivity contribution in [2.75, 3.05) is 53.2 Å². The molecule has 1 aliphatic rings. The van der Waals surface area contributed by atoms with Gasteiger partial charge in [-0.2, -0.15) is 4.31 Å². The van der Waals surface area contributed by atoms with E-state index in [0.717, 1.165) is 0 Å². The topological polar surface area (TPSA) is 114 Å². The fourth-order valence-electron chi connectivity index (χ4n) is 4.46. The zero-order chi connectivity index (χ0) is 30.0. The first-order valence-electron chi connectivity index (χ1n) is 13.5. The van der Waals surface area contributed by atoms with E-state index in [1.54, 1.807) is 36.4 Å². The lowest BCUT2D eigenvalue weighted by atomic mass is 10.0. The number of halogens is 1. The first-order chi connectivity index (χ1) is 20.3. The fourth-order valence-corrected chi connectivity index (χ4v) is 5.87. The van der Waals surface area contributed by atoms with Crippen molar-refractivity contribution >= 4 is 21.8 Å². The molecular formula is C30H34FN3O7S. The Kier molecular flexibility index (Phi) is 11.0. The summed E-state index contributed by atoms with van der Waals surface area (Å²) in [5, 5.41) is 2.81. The van der Waals surface area contributed by atoms with E-state index in [2.05, 4.69) is 5.32 Å². The summed E-state index contributed by atoms with van der Waals surface area (Å²) in [6.45, 7) is 1.35. The normalized spacial score (nSPS) is 14.6. The number of carbonyl (C=O) groups excluding carboxylic acids is 2. The molecule has 1 aliphatic heterocycles. The summed E-state index contributed by atoms with van der Waals surface area (Å²) >= 11 is 0. The highest BCUT2D eigenvalue weighted by atomic mass is 32.2. The number of morpholine rings is 1. The third-order valence-corrected chi connectivity index (χ3v) is 8.57. The summed E-state index contributed by atoms with van der Waals surface area (Å²) in [6, 6.07) is 19.3. The van der Waals surface area contributed by atoms with Crippen molar-refractivity contribution in [2.24, 2.45) is 0 Å². The summed E-state index contributed by atoms with van der Waals surface area (Å²) in [7, 11) is -2.16. The third-order valence-electron chi connectivity index (χ3n) is 6.66. The standard InChI is InChI=1S/C30H34FN3O7S/c1-39-18-15-32-30(36)29(24-5-3-2-4-6-24)34(21-23-7-9-25(31)10-8-23)28(35)22-41-26-11-13-27(14-12-26)42(37,38)33-16-19-40-20-17-33/h2-14,29H,15-22H2,1H3,(H,32,36)/t29-/m1/s1. The smallest absolute Gasteiger partial charge is 0.261 e. The van der Waals surface area contributed by atoms with E-state index < -0.39 is 40.3 Å². The Morgan fingerprint density at radius 2 is 1.67 bits per heavy atom. The number of amides is 2. The molecule has 0 unspecified atom stereocenters. The van der Waals surface area contributed by atoms with Crippen LogP contribution in [0.3, 0.4) is 0 Å². The SMILES string of the molecule is COCCNC(=O)[C@@H](c1ccccc1)N(Cc1ccc(F)cc1)C(=O)COc1ccc(S(=O)(=O)N2CCOCC2)cc1. The number of rotatable bonds is 13. The predicted molar refractivity (Wildman–Crippen MR) is 153 cm³/mol. The van der Waals surface area contributed by atoms with Crippen molar-refractivity contribution in [3.63, 3.8) is 0 Å². The number of sulfonamides is 1. The number of hydrogen-bond donors (Lipinski definition) is 1. The van der Waals surface area contributed by atoms with Gasteiger partial charge in [0, 0.05) is 33.3 Å². The molecular weight excluding hydrogens is 565 g/mol. The molecule has 2 amide bonds. The van der Waals surface area contributed by atoms with Crippen molar-refractivity contribution in [3.05, 3.63) is 95.8 Å². The summed E-state index contributed by atoms with van der Waals surface area (Å²) in [5.41, 5.74) is 1.20. The van der Waals surface area contributed by atoms with Gasteiger partial charge in [0.2, 0.25) is 15.9 Å². The monoisotopic (exact) mass is 599 g/mol. The highest BCUT2D eigenvalue weighted by Gasteiger charge is 2.32. The van der Waals surface area contributed by atoms with E-state index in [9.17, 15) is 22.4 Å². The molecule has 224 valence electrons. The summed E-state index contributed by atoms with van der Waals surface area (Å²) in [5.74, 6) is -1.05. The van der Waals surface area contributed by atoms with Crippen LogP contribution in [0.2, 0.25) is 0 Å². The molecule has 1 N–H and O–H groups in total. The number of nitrogens with one attached hydrogen (secondary N) is 1. The van der Waals surface area contributed by atoms with Crippen molar-refractivity contribution in [3.8, 4) is 5.75 Å². The summed E-state index contributed by atoms with van der Waals surface area (Å²) < 4.78 is 56.8. The van der Waals surface area contributed by atoms with E-state index >= 15 is 0 Å². The van der Waals surface area contributed by atoms with Gasteiger partial charge < -0.3 is 24.4 Å². The Balaban J connectivity index is 1.54. The van der Waals surface area contributed by atoms with Crippen molar-refractivity contribution < 1.29 is 36.6 Å². The number of ether oxygens (including phenoxy) is 3. The molecule has 12 heteroatoms. The van der Waals surface area contributed by atoms with E-state index in [1.165, 1.54) is 52.7 Å². The molecule has 0 aromatic heterocycles. The molecule has 4 rings (SSSR count). The zero-order valence-electron chi connectivity index (χ0n) is 23.3. The molecule has 1 heterocycles. The number of benzene rings is 3. The van der Waals surface area contributed by atoms with E-state index in [1.807, 2.05) is 6.07 Å². The minimum absolute atomic E-state index is 0.0104. The lowest BCUT2D eigenvalue weighted by Crippen LogP contribution is -2.45. The molecule has 0 radical (unpaired) electrons. The minimum Gasteiger partial charge on any atom is -0.484 e. The van der Waals surface area contributed by atoms with Gasteiger partial charge in [-0.3, -0.25) is 9.59 Å². The molecule has 0 saturated carbocycles. The maximum atomic E-state index is 13.7. The maximum Gasteiger partial charge on any atom is 0.261 e. The Morgan fingerprint density at radius 1 is 1.00 bits per heavy atom. The highest BCUT2D eigenvalue weighted by molar-refractivity contribution is 7.89. The Hall–Kier alpha value is -3.84. The quantitative estimate of drug-likeness (QED) is 0.301. The molecule has 1 atom stereocenters. The van der Waals surface area contributed by atoms with Crippen LogP contribution in [0.5, 0.6) is 5.75 Å². The van der Waals surface area contributed by atoms with Gasteiger partial charge in [0.25, 0.3) is 5.91 Å². The third kappa shape index (κ3) is 8.13. The molecule has 3 aromatic rings. The Bertz CT molecular complexity index is 1420. The van der Waals surface area contributed by atoms with Gasteiger partial charge in [0.05, 0.1) is 24.7 Å². The van der Waals surface area contributed by atoms with Crippen LogP contribution in [0.1, 0.15) is 17.2 Å². The maximum absolute atomic E-state index is 13.7. The van der Waals surface area contributed by atoms with Crippen molar-refractivity contribution in [2.45, 2.75) is 17.5 Å². The molecule has 0 spiro atoms. The highest BCUT2D eigenvalue weighted by Crippen LogP contribution is 2.25. The van der Waals surface area contributed by atoms with Gasteiger partial charge in [0.15, 0.2) is 6.61 Å². The average molecular weight is 600 g/mol. The van der Waals surface area contributed by atoms with Gasteiger partial charge in [-0.25, -0.2) is 12.8 Å². The number of hydrogen-bond acceptors (Lipinski definition) is 7. The second-order valence-electron chi connectivity index (χ2n) is 9.52. The predicted octanol–water partition coefficient (Wildman–Crippen LogP) is 2.76. The van der Waals surface area contributed by atoms with Crippen LogP contribution in [-0.2, 0) is 35.6 Å². The largest absolute Gasteiger partial charge is 0.484 e. The first-order valence-corrected chi connectivity index (χ1v) is 14.9. The number of carbonyl (C=O) groups is 2. The molecule has 1 fully saturated rings. The zero-order valence-corrected chi connectivity index (χ0v) is 24.1. The van der Waals surface area contributed by atoms with Gasteiger partial charge in [0.1, 0.15) is 17.6 Å². The number of nitrogens with zero attached hydrogens (tertiary/aromatic N) is 2. The van der Waals surface area contributed by atoms with Crippen LogP contribution >= 0.6 is 0 Å². The van der Waals surface area contributed by atoms with Crippen LogP contribution in [0.15, 0.2) is 83.8 Å². The summed E-state index contributed by atoms with van der Waals surface area (Å²) in [6.07, 6.45) is 0. The van der Waals surface area contributed by atoms with Gasteiger partial charge in [-0.05, 0) is 47.5 Å². The molecule has 42 heavy (non-hydrogen) atoms. The minimum atomic E-state index is -3.68. The second kappa shape index (κ2) is 14.9. The summed E-state index contributed by atoms with van der Waals surface area (Å²) in [4.78, 5) is 28.6. The second-order valence-corrected chi connectivity index (χ2v) is 11.5. The Morgan fingerprint density at radius 3 is 2.31 bits per heavy atom. The van der Waals surface area contributed by atoms with E-state index in [-0.39, 0.29) is 36.8 Å². The number of methoxy groups -OCH3 is 1. The lowest BCUT2D eigenvalue weighted by molar-refractivity contribution is -0.143. The fraction of sp³-hybridized carbons (Fsp3) is 0.333. The van der Waals surface area contributed by atoms with Crippen LogP contribution in [0.4, 0.5) is 4.39 Å². The van der Waals surface area contributed by atoms with Crippen molar-refractivity contribution in [1.82, 2.24) is 14.5 Å². The average Bonchev–Trinajstić information content (AvgIpc) is 3.02.